The minimum absolute atomic E-state index is 0.108. The van der Waals surface area contributed by atoms with Gasteiger partial charge in [-0.25, -0.2) is 4.68 Å². The van der Waals surface area contributed by atoms with Crippen molar-refractivity contribution in [3.63, 3.8) is 0 Å². The van der Waals surface area contributed by atoms with Crippen molar-refractivity contribution in [3.05, 3.63) is 54.2 Å². The average molecular weight is 379 g/mol. The van der Waals surface area contributed by atoms with E-state index < -0.39 is 0 Å². The molecule has 4 rings (SSSR count). The zero-order valence-electron chi connectivity index (χ0n) is 15.6. The van der Waals surface area contributed by atoms with Gasteiger partial charge in [0, 0.05) is 31.3 Å². The van der Waals surface area contributed by atoms with Gasteiger partial charge in [-0.2, -0.15) is 5.10 Å². The number of benzene rings is 1. The Balaban J connectivity index is 1.74. The first-order valence-electron chi connectivity index (χ1n) is 9.17. The molecule has 0 spiro atoms. The molecule has 1 amide bonds. The third-order valence-electron chi connectivity index (χ3n) is 4.56. The molecule has 3 aromatic rings. The average Bonchev–Trinajstić information content (AvgIpc) is 3.02. The van der Waals surface area contributed by atoms with Gasteiger partial charge in [0.2, 0.25) is 5.88 Å². The molecule has 3 heterocycles. The van der Waals surface area contributed by atoms with Crippen LogP contribution >= 0.6 is 0 Å². The SMILES string of the molecule is COc1ccc(-n2nc(C(=O)N3CCCOCC3)cc2-c2ccccc2)nn1. The van der Waals surface area contributed by atoms with Crippen LogP contribution in [0.2, 0.25) is 0 Å². The zero-order valence-corrected chi connectivity index (χ0v) is 15.6. The monoisotopic (exact) mass is 379 g/mol. The van der Waals surface area contributed by atoms with Gasteiger partial charge in [-0.05, 0) is 18.6 Å². The Labute approximate surface area is 162 Å². The van der Waals surface area contributed by atoms with Crippen LogP contribution in [0.15, 0.2) is 48.5 Å². The van der Waals surface area contributed by atoms with Crippen LogP contribution in [0.4, 0.5) is 0 Å². The van der Waals surface area contributed by atoms with E-state index in [1.54, 1.807) is 27.8 Å². The standard InChI is InChI=1S/C20H21N5O3/c1-27-19-9-8-18(21-22-19)25-17(15-6-3-2-4-7-15)14-16(23-25)20(26)24-10-5-12-28-13-11-24/h2-4,6-9,14H,5,10-13H2,1H3. The van der Waals surface area contributed by atoms with E-state index in [1.165, 1.54) is 7.11 Å². The molecule has 0 bridgehead atoms. The number of carbonyl (C=O) groups excluding carboxylic acids is 1. The van der Waals surface area contributed by atoms with Gasteiger partial charge in [0.15, 0.2) is 11.5 Å². The second-order valence-electron chi connectivity index (χ2n) is 6.38. The van der Waals surface area contributed by atoms with Crippen LogP contribution in [-0.2, 0) is 4.74 Å². The molecule has 1 saturated heterocycles. The van der Waals surface area contributed by atoms with Crippen molar-refractivity contribution in [3.8, 4) is 23.0 Å². The van der Waals surface area contributed by atoms with Crippen LogP contribution in [0.1, 0.15) is 16.9 Å². The highest BCUT2D eigenvalue weighted by molar-refractivity contribution is 5.93. The molecule has 1 fully saturated rings. The van der Waals surface area contributed by atoms with Crippen molar-refractivity contribution in [2.24, 2.45) is 0 Å². The molecule has 0 unspecified atom stereocenters. The van der Waals surface area contributed by atoms with Crippen LogP contribution < -0.4 is 4.74 Å². The Morgan fingerprint density at radius 1 is 1.07 bits per heavy atom. The van der Waals surface area contributed by atoms with Crippen molar-refractivity contribution in [1.82, 2.24) is 24.9 Å². The summed E-state index contributed by atoms with van der Waals surface area (Å²) in [6, 6.07) is 15.1. The molecule has 8 nitrogen and oxygen atoms in total. The third-order valence-corrected chi connectivity index (χ3v) is 4.56. The summed E-state index contributed by atoms with van der Waals surface area (Å²) in [6.07, 6.45) is 0.821. The number of methoxy groups -OCH3 is 1. The Morgan fingerprint density at radius 2 is 1.93 bits per heavy atom. The van der Waals surface area contributed by atoms with E-state index in [9.17, 15) is 4.79 Å². The molecule has 0 N–H and O–H groups in total. The number of rotatable bonds is 4. The van der Waals surface area contributed by atoms with Crippen LogP contribution in [0.25, 0.3) is 17.1 Å². The van der Waals surface area contributed by atoms with Gasteiger partial charge in [-0.1, -0.05) is 30.3 Å². The lowest BCUT2D eigenvalue weighted by Crippen LogP contribution is -2.33. The Kier molecular flexibility index (Phi) is 5.29. The number of hydrogen-bond donors (Lipinski definition) is 0. The van der Waals surface area contributed by atoms with Crippen molar-refractivity contribution in [1.29, 1.82) is 0 Å². The number of hydrogen-bond acceptors (Lipinski definition) is 6. The summed E-state index contributed by atoms with van der Waals surface area (Å²) in [7, 11) is 1.54. The highest BCUT2D eigenvalue weighted by Crippen LogP contribution is 2.24. The lowest BCUT2D eigenvalue weighted by molar-refractivity contribution is 0.0735. The third kappa shape index (κ3) is 3.72. The summed E-state index contributed by atoms with van der Waals surface area (Å²) in [6.45, 7) is 2.44. The van der Waals surface area contributed by atoms with Gasteiger partial charge < -0.3 is 14.4 Å². The Morgan fingerprint density at radius 3 is 2.68 bits per heavy atom. The van der Waals surface area contributed by atoms with E-state index in [0.29, 0.717) is 43.7 Å². The highest BCUT2D eigenvalue weighted by Gasteiger charge is 2.23. The fourth-order valence-corrected chi connectivity index (χ4v) is 3.12. The first-order chi connectivity index (χ1) is 13.8. The smallest absolute Gasteiger partial charge is 0.274 e. The maximum atomic E-state index is 13.0. The van der Waals surface area contributed by atoms with Gasteiger partial charge in [0.25, 0.3) is 5.91 Å². The van der Waals surface area contributed by atoms with Crippen molar-refractivity contribution < 1.29 is 14.3 Å². The predicted octanol–water partition coefficient (Wildman–Crippen LogP) is 2.20. The molecule has 1 aliphatic rings. The van der Waals surface area contributed by atoms with Gasteiger partial charge in [0.1, 0.15) is 0 Å². The number of aromatic nitrogens is 4. The van der Waals surface area contributed by atoms with E-state index in [0.717, 1.165) is 17.7 Å². The lowest BCUT2D eigenvalue weighted by atomic mass is 10.1. The first kappa shape index (κ1) is 18.1. The van der Waals surface area contributed by atoms with E-state index in [2.05, 4.69) is 15.3 Å². The summed E-state index contributed by atoms with van der Waals surface area (Å²) in [4.78, 5) is 14.8. The summed E-state index contributed by atoms with van der Waals surface area (Å²) in [5, 5.41) is 12.8. The van der Waals surface area contributed by atoms with Crippen LogP contribution in [-0.4, -0.2) is 64.2 Å². The van der Waals surface area contributed by atoms with Gasteiger partial charge in [-0.15, -0.1) is 10.2 Å². The molecule has 8 heteroatoms. The molecule has 1 aromatic carbocycles. The molecule has 0 saturated carbocycles. The fourth-order valence-electron chi connectivity index (χ4n) is 3.12. The Bertz CT molecular complexity index is 932. The maximum Gasteiger partial charge on any atom is 0.274 e. The molecular weight excluding hydrogens is 358 g/mol. The second kappa shape index (κ2) is 8.18. The zero-order chi connectivity index (χ0) is 19.3. The molecule has 1 aliphatic heterocycles. The number of amides is 1. The number of ether oxygens (including phenoxy) is 2. The normalized spacial score (nSPS) is 14.5. The van der Waals surface area contributed by atoms with Crippen molar-refractivity contribution in [2.45, 2.75) is 6.42 Å². The second-order valence-corrected chi connectivity index (χ2v) is 6.38. The molecular formula is C20H21N5O3. The summed E-state index contributed by atoms with van der Waals surface area (Å²) < 4.78 is 12.2. The van der Waals surface area contributed by atoms with Crippen molar-refractivity contribution in [2.75, 3.05) is 33.4 Å². The van der Waals surface area contributed by atoms with Gasteiger partial charge in [-0.3, -0.25) is 4.79 Å². The molecule has 0 atom stereocenters. The summed E-state index contributed by atoms with van der Waals surface area (Å²) in [5.74, 6) is 0.818. The number of nitrogens with zero attached hydrogens (tertiary/aromatic N) is 5. The van der Waals surface area contributed by atoms with Crippen LogP contribution in [0.3, 0.4) is 0 Å². The first-order valence-corrected chi connectivity index (χ1v) is 9.17. The Hall–Kier alpha value is -3.26. The van der Waals surface area contributed by atoms with E-state index in [1.807, 2.05) is 30.3 Å². The maximum absolute atomic E-state index is 13.0. The van der Waals surface area contributed by atoms with E-state index in [-0.39, 0.29) is 5.91 Å². The molecule has 0 radical (unpaired) electrons. The quantitative estimate of drug-likeness (QED) is 0.691. The van der Waals surface area contributed by atoms with Gasteiger partial charge >= 0.3 is 0 Å². The van der Waals surface area contributed by atoms with E-state index >= 15 is 0 Å². The molecule has 0 aliphatic carbocycles. The summed E-state index contributed by atoms with van der Waals surface area (Å²) >= 11 is 0. The topological polar surface area (TPSA) is 82.4 Å². The largest absolute Gasteiger partial charge is 0.480 e. The van der Waals surface area contributed by atoms with Crippen molar-refractivity contribution >= 4 is 5.91 Å². The van der Waals surface area contributed by atoms with Crippen LogP contribution in [0.5, 0.6) is 5.88 Å². The highest BCUT2D eigenvalue weighted by atomic mass is 16.5. The fraction of sp³-hybridized carbons (Fsp3) is 0.300. The minimum Gasteiger partial charge on any atom is -0.480 e. The lowest BCUT2D eigenvalue weighted by Gasteiger charge is -2.17. The predicted molar refractivity (Wildman–Crippen MR) is 102 cm³/mol. The molecule has 2 aromatic heterocycles. The molecule has 28 heavy (non-hydrogen) atoms. The van der Waals surface area contributed by atoms with Crippen LogP contribution in [0, 0.1) is 0 Å². The van der Waals surface area contributed by atoms with Gasteiger partial charge in [0.05, 0.1) is 19.4 Å². The minimum atomic E-state index is -0.108. The number of carbonyl (C=O) groups is 1. The van der Waals surface area contributed by atoms with E-state index in [4.69, 9.17) is 9.47 Å². The molecule has 144 valence electrons. The summed E-state index contributed by atoms with van der Waals surface area (Å²) in [5.41, 5.74) is 2.08.